The Kier molecular flexibility index (Phi) is 3.49. The summed E-state index contributed by atoms with van der Waals surface area (Å²) in [6.07, 6.45) is 1.68. The molecule has 0 spiro atoms. The van der Waals surface area contributed by atoms with E-state index in [1.165, 1.54) is 7.11 Å². The summed E-state index contributed by atoms with van der Waals surface area (Å²) in [5, 5.41) is 2.88. The van der Waals surface area contributed by atoms with Crippen molar-refractivity contribution in [3.05, 3.63) is 17.8 Å². The number of hydrogen-bond acceptors (Lipinski definition) is 5. The van der Waals surface area contributed by atoms with E-state index in [9.17, 15) is 4.79 Å². The summed E-state index contributed by atoms with van der Waals surface area (Å²) in [4.78, 5) is 15.2. The fourth-order valence-electron chi connectivity index (χ4n) is 1.15. The number of methoxy groups -OCH3 is 1. The highest BCUT2D eigenvalue weighted by atomic mass is 16.5. The number of nitrogens with zero attached hydrogens (tertiary/aromatic N) is 1. The largest absolute Gasteiger partial charge is 0.467 e. The molecule has 0 saturated carbocycles. The first kappa shape index (κ1) is 11.3. The fraction of sp³-hybridized carbons (Fsp3) is 0.400. The maximum absolute atomic E-state index is 11.1. The molecule has 0 bridgehead atoms. The number of carbonyl (C=O) groups excluding carboxylic acids is 1. The second-order valence-corrected chi connectivity index (χ2v) is 3.34. The van der Waals surface area contributed by atoms with Crippen LogP contribution in [0, 0.1) is 6.92 Å². The van der Waals surface area contributed by atoms with Gasteiger partial charge in [0.15, 0.2) is 0 Å². The van der Waals surface area contributed by atoms with Crippen LogP contribution in [0.15, 0.2) is 12.3 Å². The third-order valence-corrected chi connectivity index (χ3v) is 1.96. The quantitative estimate of drug-likeness (QED) is 0.724. The minimum atomic E-state index is -0.465. The molecule has 1 unspecified atom stereocenters. The van der Waals surface area contributed by atoms with Crippen molar-refractivity contribution in [2.45, 2.75) is 19.9 Å². The van der Waals surface area contributed by atoms with Crippen molar-refractivity contribution in [2.75, 3.05) is 18.2 Å². The zero-order valence-corrected chi connectivity index (χ0v) is 9.07. The van der Waals surface area contributed by atoms with Crippen LogP contribution < -0.4 is 11.1 Å². The van der Waals surface area contributed by atoms with Crippen molar-refractivity contribution >= 4 is 17.5 Å². The lowest BCUT2D eigenvalue weighted by atomic mass is 10.2. The van der Waals surface area contributed by atoms with Crippen molar-refractivity contribution in [1.82, 2.24) is 4.98 Å². The van der Waals surface area contributed by atoms with Crippen LogP contribution in [0.5, 0.6) is 0 Å². The lowest BCUT2D eigenvalue weighted by Crippen LogP contribution is -2.28. The summed E-state index contributed by atoms with van der Waals surface area (Å²) in [6.45, 7) is 3.59. The number of ether oxygens (including phenoxy) is 1. The Bertz CT molecular complexity index is 366. The smallest absolute Gasteiger partial charge is 0.328 e. The SMILES string of the molecule is COC(=O)C(C)Nc1ncc(C)cc1N. The first-order valence-corrected chi connectivity index (χ1v) is 4.61. The number of carbonyl (C=O) groups is 1. The number of rotatable bonds is 3. The highest BCUT2D eigenvalue weighted by Gasteiger charge is 2.14. The van der Waals surface area contributed by atoms with Crippen LogP contribution in [0.25, 0.3) is 0 Å². The zero-order valence-electron chi connectivity index (χ0n) is 9.07. The highest BCUT2D eigenvalue weighted by molar-refractivity contribution is 5.79. The van der Waals surface area contributed by atoms with Gasteiger partial charge in [0.1, 0.15) is 11.9 Å². The molecule has 0 aliphatic heterocycles. The number of nitrogen functional groups attached to an aromatic ring is 1. The predicted octanol–water partition coefficient (Wildman–Crippen LogP) is 0.946. The molecule has 5 heteroatoms. The van der Waals surface area contributed by atoms with Crippen LogP contribution in [-0.2, 0) is 9.53 Å². The van der Waals surface area contributed by atoms with Crippen LogP contribution in [0.3, 0.4) is 0 Å². The van der Waals surface area contributed by atoms with E-state index in [1.807, 2.05) is 6.92 Å². The Hall–Kier alpha value is -1.78. The number of nitrogens with one attached hydrogen (secondary N) is 1. The molecule has 0 fully saturated rings. The lowest BCUT2D eigenvalue weighted by molar-refractivity contribution is -0.141. The second kappa shape index (κ2) is 4.63. The minimum absolute atomic E-state index is 0.350. The van der Waals surface area contributed by atoms with Crippen LogP contribution in [0.2, 0.25) is 0 Å². The monoisotopic (exact) mass is 209 g/mol. The van der Waals surface area contributed by atoms with Crippen LogP contribution in [0.1, 0.15) is 12.5 Å². The summed E-state index contributed by atoms with van der Waals surface area (Å²) in [7, 11) is 1.34. The van der Waals surface area contributed by atoms with Crippen LogP contribution in [0.4, 0.5) is 11.5 Å². The maximum atomic E-state index is 11.1. The molecule has 82 valence electrons. The molecule has 1 atom stereocenters. The third kappa shape index (κ3) is 2.83. The van der Waals surface area contributed by atoms with E-state index in [4.69, 9.17) is 5.73 Å². The van der Waals surface area contributed by atoms with Gasteiger partial charge in [-0.05, 0) is 25.5 Å². The van der Waals surface area contributed by atoms with Gasteiger partial charge in [-0.2, -0.15) is 0 Å². The van der Waals surface area contributed by atoms with Gasteiger partial charge in [-0.25, -0.2) is 9.78 Å². The van der Waals surface area contributed by atoms with E-state index >= 15 is 0 Å². The minimum Gasteiger partial charge on any atom is -0.467 e. The van der Waals surface area contributed by atoms with Crippen molar-refractivity contribution in [3.63, 3.8) is 0 Å². The van der Waals surface area contributed by atoms with E-state index in [0.717, 1.165) is 5.56 Å². The fourth-order valence-corrected chi connectivity index (χ4v) is 1.15. The molecule has 0 saturated heterocycles. The third-order valence-electron chi connectivity index (χ3n) is 1.96. The standard InChI is InChI=1S/C10H15N3O2/c1-6-4-8(11)9(12-5-6)13-7(2)10(14)15-3/h4-5,7H,11H2,1-3H3,(H,12,13). The van der Waals surface area contributed by atoms with Crippen molar-refractivity contribution in [2.24, 2.45) is 0 Å². The van der Waals surface area contributed by atoms with E-state index in [-0.39, 0.29) is 5.97 Å². The average molecular weight is 209 g/mol. The molecule has 1 aromatic rings. The van der Waals surface area contributed by atoms with Crippen LogP contribution in [-0.4, -0.2) is 24.1 Å². The normalized spacial score (nSPS) is 11.9. The predicted molar refractivity (Wildman–Crippen MR) is 58.5 cm³/mol. The molecule has 1 rings (SSSR count). The number of nitrogens with two attached hydrogens (primary N) is 1. The summed E-state index contributed by atoms with van der Waals surface area (Å²) in [5.41, 5.74) is 7.23. The number of pyridine rings is 1. The van der Waals surface area contributed by atoms with Crippen molar-refractivity contribution in [1.29, 1.82) is 0 Å². The van der Waals surface area contributed by atoms with Gasteiger partial charge in [0.05, 0.1) is 12.8 Å². The van der Waals surface area contributed by atoms with E-state index < -0.39 is 6.04 Å². The number of hydrogen-bond donors (Lipinski definition) is 2. The molecule has 0 amide bonds. The first-order chi connectivity index (χ1) is 7.04. The summed E-state index contributed by atoms with van der Waals surface area (Å²) < 4.78 is 4.58. The topological polar surface area (TPSA) is 77.2 Å². The molecule has 0 radical (unpaired) electrons. The first-order valence-electron chi connectivity index (χ1n) is 4.61. The average Bonchev–Trinajstić information content (AvgIpc) is 2.20. The molecular weight excluding hydrogens is 194 g/mol. The van der Waals surface area contributed by atoms with Gasteiger partial charge in [-0.15, -0.1) is 0 Å². The Balaban J connectivity index is 2.76. The van der Waals surface area contributed by atoms with Gasteiger partial charge in [0.2, 0.25) is 0 Å². The molecule has 0 aromatic carbocycles. The lowest BCUT2D eigenvalue weighted by Gasteiger charge is -2.13. The number of aromatic nitrogens is 1. The van der Waals surface area contributed by atoms with Gasteiger partial charge in [-0.1, -0.05) is 0 Å². The Morgan fingerprint density at radius 3 is 2.87 bits per heavy atom. The van der Waals surface area contributed by atoms with Gasteiger partial charge < -0.3 is 15.8 Å². The molecule has 0 aliphatic rings. The van der Waals surface area contributed by atoms with Gasteiger partial charge in [-0.3, -0.25) is 0 Å². The Morgan fingerprint density at radius 1 is 1.67 bits per heavy atom. The summed E-state index contributed by atoms with van der Waals surface area (Å²) in [6, 6.07) is 1.33. The molecule has 15 heavy (non-hydrogen) atoms. The Morgan fingerprint density at radius 2 is 2.33 bits per heavy atom. The molecule has 0 aliphatic carbocycles. The van der Waals surface area contributed by atoms with E-state index in [0.29, 0.717) is 11.5 Å². The van der Waals surface area contributed by atoms with Gasteiger partial charge in [0.25, 0.3) is 0 Å². The molecular formula is C10H15N3O2. The van der Waals surface area contributed by atoms with E-state index in [1.54, 1.807) is 19.2 Å². The Labute approximate surface area is 88.6 Å². The zero-order chi connectivity index (χ0) is 11.4. The van der Waals surface area contributed by atoms with Crippen LogP contribution >= 0.6 is 0 Å². The maximum Gasteiger partial charge on any atom is 0.328 e. The van der Waals surface area contributed by atoms with Crippen molar-refractivity contribution < 1.29 is 9.53 Å². The number of anilines is 2. The van der Waals surface area contributed by atoms with Gasteiger partial charge >= 0.3 is 5.97 Å². The molecule has 5 nitrogen and oxygen atoms in total. The van der Waals surface area contributed by atoms with Crippen molar-refractivity contribution in [3.8, 4) is 0 Å². The van der Waals surface area contributed by atoms with Gasteiger partial charge in [0, 0.05) is 6.20 Å². The molecule has 1 heterocycles. The van der Waals surface area contributed by atoms with E-state index in [2.05, 4.69) is 15.0 Å². The summed E-state index contributed by atoms with van der Waals surface area (Å²) >= 11 is 0. The molecule has 1 aromatic heterocycles. The number of aryl methyl sites for hydroxylation is 1. The summed E-state index contributed by atoms with van der Waals surface area (Å²) in [5.74, 6) is 0.148. The second-order valence-electron chi connectivity index (χ2n) is 3.34. The molecule has 3 N–H and O–H groups in total. The number of esters is 1. The highest BCUT2D eigenvalue weighted by Crippen LogP contribution is 2.16.